The molecule has 0 radical (unpaired) electrons. The highest BCUT2D eigenvalue weighted by Gasteiger charge is 2.30. The minimum atomic E-state index is -4.41. The summed E-state index contributed by atoms with van der Waals surface area (Å²) in [7, 11) is 0. The molecule has 4 nitrogen and oxygen atoms in total. The van der Waals surface area contributed by atoms with E-state index in [0.29, 0.717) is 35.0 Å². The van der Waals surface area contributed by atoms with E-state index in [4.69, 9.17) is 0 Å². The summed E-state index contributed by atoms with van der Waals surface area (Å²) in [6.45, 7) is 4.52. The van der Waals surface area contributed by atoms with Crippen molar-refractivity contribution in [3.63, 3.8) is 0 Å². The van der Waals surface area contributed by atoms with Gasteiger partial charge in [-0.2, -0.15) is 13.2 Å². The zero-order chi connectivity index (χ0) is 26.9. The average molecular weight is 516 g/mol. The van der Waals surface area contributed by atoms with Crippen molar-refractivity contribution in [2.75, 3.05) is 5.32 Å². The van der Waals surface area contributed by atoms with Crippen molar-refractivity contribution >= 4 is 11.6 Å². The van der Waals surface area contributed by atoms with Crippen LogP contribution >= 0.6 is 0 Å². The number of pyridine rings is 1. The zero-order valence-electron chi connectivity index (χ0n) is 21.2. The number of benzene rings is 3. The third kappa shape index (κ3) is 5.63. The van der Waals surface area contributed by atoms with Gasteiger partial charge in [-0.1, -0.05) is 36.4 Å². The summed E-state index contributed by atoms with van der Waals surface area (Å²) >= 11 is 0. The second-order valence-electron chi connectivity index (χ2n) is 9.77. The average Bonchev–Trinajstić information content (AvgIpc) is 3.29. The first kappa shape index (κ1) is 25.7. The maximum absolute atomic E-state index is 13.3. The predicted molar refractivity (Wildman–Crippen MR) is 143 cm³/mol. The standard InChI is InChI=1S/C31H28F3N3O/c1-19-5-3-8-28(29(19)21-9-12-24(13-10-21)31(32,33)34)30(38)37-25-14-11-22-15-27(17-23(22)16-25)35-18-26-7-4-6-20(2)36-26/h3-14,16,27,35H,15,17-18H2,1-2H3,(H,37,38)/t27-/m0/s1. The number of anilines is 1. The molecule has 7 heteroatoms. The van der Waals surface area contributed by atoms with E-state index in [1.807, 2.05) is 56.3 Å². The molecule has 1 heterocycles. The minimum Gasteiger partial charge on any atom is -0.322 e. The van der Waals surface area contributed by atoms with Gasteiger partial charge in [-0.05, 0) is 97.0 Å². The molecule has 4 aromatic rings. The summed E-state index contributed by atoms with van der Waals surface area (Å²) in [5.41, 5.74) is 6.81. The van der Waals surface area contributed by atoms with Crippen LogP contribution in [-0.4, -0.2) is 16.9 Å². The molecule has 0 saturated heterocycles. The number of carbonyl (C=O) groups is 1. The number of aromatic nitrogens is 1. The number of amides is 1. The van der Waals surface area contributed by atoms with E-state index < -0.39 is 11.7 Å². The number of halogens is 3. The Morgan fingerprint density at radius 2 is 1.66 bits per heavy atom. The molecule has 5 rings (SSSR count). The van der Waals surface area contributed by atoms with Crippen LogP contribution in [0.1, 0.15) is 44.0 Å². The Morgan fingerprint density at radius 3 is 2.39 bits per heavy atom. The van der Waals surface area contributed by atoms with Crippen LogP contribution in [0.25, 0.3) is 11.1 Å². The van der Waals surface area contributed by atoms with E-state index in [2.05, 4.69) is 15.6 Å². The lowest BCUT2D eigenvalue weighted by atomic mass is 9.93. The van der Waals surface area contributed by atoms with Crippen molar-refractivity contribution in [3.8, 4) is 11.1 Å². The number of hydrogen-bond donors (Lipinski definition) is 2. The van der Waals surface area contributed by atoms with Gasteiger partial charge in [0, 0.05) is 29.5 Å². The molecule has 38 heavy (non-hydrogen) atoms. The van der Waals surface area contributed by atoms with Crippen molar-refractivity contribution < 1.29 is 18.0 Å². The van der Waals surface area contributed by atoms with Gasteiger partial charge in [-0.3, -0.25) is 9.78 Å². The highest BCUT2D eigenvalue weighted by Crippen LogP contribution is 2.34. The smallest absolute Gasteiger partial charge is 0.322 e. The van der Waals surface area contributed by atoms with Crippen molar-refractivity contribution in [2.45, 2.75) is 45.5 Å². The van der Waals surface area contributed by atoms with Crippen LogP contribution in [0, 0.1) is 13.8 Å². The third-order valence-corrected chi connectivity index (χ3v) is 6.93. The van der Waals surface area contributed by atoms with Gasteiger partial charge in [0.2, 0.25) is 0 Å². The Morgan fingerprint density at radius 1 is 0.921 bits per heavy atom. The van der Waals surface area contributed by atoms with E-state index in [1.165, 1.54) is 23.3 Å². The maximum Gasteiger partial charge on any atom is 0.416 e. The van der Waals surface area contributed by atoms with Gasteiger partial charge in [0.15, 0.2) is 0 Å². The highest BCUT2D eigenvalue weighted by atomic mass is 19.4. The van der Waals surface area contributed by atoms with Crippen molar-refractivity contribution in [1.82, 2.24) is 10.3 Å². The molecule has 0 saturated carbocycles. The Kier molecular flexibility index (Phi) is 7.04. The van der Waals surface area contributed by atoms with Crippen molar-refractivity contribution in [1.29, 1.82) is 0 Å². The number of alkyl halides is 3. The summed E-state index contributed by atoms with van der Waals surface area (Å²) in [6.07, 6.45) is -2.65. The lowest BCUT2D eigenvalue weighted by Gasteiger charge is -2.15. The van der Waals surface area contributed by atoms with Gasteiger partial charge in [-0.25, -0.2) is 0 Å². The van der Waals surface area contributed by atoms with Crippen molar-refractivity contribution in [2.24, 2.45) is 0 Å². The number of carbonyl (C=O) groups excluding carboxylic acids is 1. The first-order valence-electron chi connectivity index (χ1n) is 12.5. The maximum atomic E-state index is 13.3. The van der Waals surface area contributed by atoms with E-state index in [9.17, 15) is 18.0 Å². The summed E-state index contributed by atoms with van der Waals surface area (Å²) in [5.74, 6) is -0.304. The second-order valence-corrected chi connectivity index (χ2v) is 9.77. The van der Waals surface area contributed by atoms with Gasteiger partial charge in [-0.15, -0.1) is 0 Å². The molecule has 1 aliphatic carbocycles. The molecule has 1 amide bonds. The quantitative estimate of drug-likeness (QED) is 0.294. The van der Waals surface area contributed by atoms with Gasteiger partial charge in [0.25, 0.3) is 5.91 Å². The Balaban J connectivity index is 1.30. The van der Waals surface area contributed by atoms with Crippen LogP contribution in [0.15, 0.2) is 78.9 Å². The van der Waals surface area contributed by atoms with Crippen LogP contribution in [0.5, 0.6) is 0 Å². The van der Waals surface area contributed by atoms with Crippen LogP contribution < -0.4 is 10.6 Å². The first-order chi connectivity index (χ1) is 18.2. The monoisotopic (exact) mass is 515 g/mol. The highest BCUT2D eigenvalue weighted by molar-refractivity contribution is 6.09. The topological polar surface area (TPSA) is 54.0 Å². The van der Waals surface area contributed by atoms with Gasteiger partial charge in [0.1, 0.15) is 0 Å². The number of rotatable bonds is 6. The van der Waals surface area contributed by atoms with E-state index in [1.54, 1.807) is 12.1 Å². The SMILES string of the molecule is Cc1cccc(CN[C@H]2Cc3ccc(NC(=O)c4cccc(C)c4-c4ccc(C(F)(F)F)cc4)cc3C2)n1. The molecule has 1 aliphatic rings. The molecule has 0 spiro atoms. The molecule has 0 aliphatic heterocycles. The lowest BCUT2D eigenvalue weighted by molar-refractivity contribution is -0.137. The number of hydrogen-bond acceptors (Lipinski definition) is 3. The van der Waals surface area contributed by atoms with Crippen LogP contribution in [-0.2, 0) is 25.6 Å². The van der Waals surface area contributed by atoms with E-state index in [-0.39, 0.29) is 5.91 Å². The summed E-state index contributed by atoms with van der Waals surface area (Å²) in [6, 6.07) is 22.5. The van der Waals surface area contributed by atoms with Gasteiger partial charge < -0.3 is 10.6 Å². The Labute approximate surface area is 219 Å². The Hall–Kier alpha value is -3.97. The van der Waals surface area contributed by atoms with E-state index in [0.717, 1.165) is 41.9 Å². The zero-order valence-corrected chi connectivity index (χ0v) is 21.2. The minimum absolute atomic E-state index is 0.293. The number of nitrogens with one attached hydrogen (secondary N) is 2. The molecule has 0 fully saturated rings. The Bertz CT molecular complexity index is 1480. The molecule has 0 unspecified atom stereocenters. The summed E-state index contributed by atoms with van der Waals surface area (Å²) in [5, 5.41) is 6.57. The molecule has 194 valence electrons. The fourth-order valence-corrected chi connectivity index (χ4v) is 5.05. The van der Waals surface area contributed by atoms with Crippen LogP contribution in [0.3, 0.4) is 0 Å². The van der Waals surface area contributed by atoms with E-state index >= 15 is 0 Å². The lowest BCUT2D eigenvalue weighted by Crippen LogP contribution is -2.29. The van der Waals surface area contributed by atoms with Gasteiger partial charge >= 0.3 is 6.18 Å². The molecule has 2 N–H and O–H groups in total. The fraction of sp³-hybridized carbons (Fsp3) is 0.226. The molecule has 1 aromatic heterocycles. The molecule has 3 aromatic carbocycles. The summed E-state index contributed by atoms with van der Waals surface area (Å²) in [4.78, 5) is 17.9. The van der Waals surface area contributed by atoms with Crippen LogP contribution in [0.4, 0.5) is 18.9 Å². The molecular formula is C31H28F3N3O. The predicted octanol–water partition coefficient (Wildman–Crippen LogP) is 6.89. The third-order valence-electron chi connectivity index (χ3n) is 6.93. The van der Waals surface area contributed by atoms with Gasteiger partial charge in [0.05, 0.1) is 11.3 Å². The van der Waals surface area contributed by atoms with Crippen LogP contribution in [0.2, 0.25) is 0 Å². The summed E-state index contributed by atoms with van der Waals surface area (Å²) < 4.78 is 39.1. The number of nitrogens with zero attached hydrogens (tertiary/aromatic N) is 1. The van der Waals surface area contributed by atoms with Crippen molar-refractivity contribution in [3.05, 3.63) is 118 Å². The molecular weight excluding hydrogens is 487 g/mol. The largest absolute Gasteiger partial charge is 0.416 e. The molecule has 1 atom stereocenters. The second kappa shape index (κ2) is 10.4. The fourth-order valence-electron chi connectivity index (χ4n) is 5.05. The molecule has 0 bridgehead atoms. The number of aryl methyl sites for hydroxylation is 2. The first-order valence-corrected chi connectivity index (χ1v) is 12.5. The number of fused-ring (bicyclic) bond motifs is 1. The normalized spacial score (nSPS) is 14.8.